The quantitative estimate of drug-likeness (QED) is 0.723. The molecule has 0 heterocycles. The summed E-state index contributed by atoms with van der Waals surface area (Å²) in [7, 11) is 1.71. The van der Waals surface area contributed by atoms with Crippen molar-refractivity contribution in [1.29, 1.82) is 0 Å². The van der Waals surface area contributed by atoms with E-state index in [2.05, 4.69) is 10.6 Å². The summed E-state index contributed by atoms with van der Waals surface area (Å²) in [5.74, 6) is -0.360. The maximum absolute atomic E-state index is 12.0. The fourth-order valence-corrected chi connectivity index (χ4v) is 2.66. The first-order valence-corrected chi connectivity index (χ1v) is 8.93. The Bertz CT molecular complexity index is 751. The predicted molar refractivity (Wildman–Crippen MR) is 106 cm³/mol. The van der Waals surface area contributed by atoms with Crippen molar-refractivity contribution in [3.8, 4) is 0 Å². The van der Waals surface area contributed by atoms with Crippen LogP contribution in [0, 0.1) is 0 Å². The number of nitrogens with zero attached hydrogens (tertiary/aromatic N) is 1. The third-order valence-corrected chi connectivity index (χ3v) is 4.21. The zero-order valence-electron chi connectivity index (χ0n) is 14.5. The van der Waals surface area contributed by atoms with Crippen LogP contribution in [0.2, 0.25) is 10.0 Å². The number of carbonyl (C=O) groups excluding carboxylic acids is 2. The summed E-state index contributed by atoms with van der Waals surface area (Å²) in [5.41, 5.74) is 1.65. The minimum atomic E-state index is -0.227. The third kappa shape index (κ3) is 7.04. The molecule has 138 valence electrons. The van der Waals surface area contributed by atoms with Crippen LogP contribution in [0.15, 0.2) is 48.5 Å². The fraction of sp³-hybridized carbons (Fsp3) is 0.263. The van der Waals surface area contributed by atoms with Crippen molar-refractivity contribution in [2.45, 2.75) is 6.42 Å². The number of nitrogens with one attached hydrogen (secondary N) is 2. The molecule has 0 bridgehead atoms. The summed E-state index contributed by atoms with van der Waals surface area (Å²) in [6.45, 7) is 0.756. The lowest BCUT2D eigenvalue weighted by atomic mass is 10.1. The lowest BCUT2D eigenvalue weighted by Crippen LogP contribution is -2.39. The zero-order valence-corrected chi connectivity index (χ0v) is 16.0. The normalized spacial score (nSPS) is 10.6. The lowest BCUT2D eigenvalue weighted by molar-refractivity contribution is -0.122. The van der Waals surface area contributed by atoms with Crippen LogP contribution in [-0.4, -0.2) is 43.4 Å². The van der Waals surface area contributed by atoms with Crippen LogP contribution < -0.4 is 10.6 Å². The van der Waals surface area contributed by atoms with Crippen molar-refractivity contribution in [2.75, 3.05) is 32.0 Å². The Morgan fingerprint density at radius 2 is 1.62 bits per heavy atom. The van der Waals surface area contributed by atoms with Gasteiger partial charge in [-0.2, -0.15) is 0 Å². The minimum absolute atomic E-state index is 0.0931. The molecule has 0 unspecified atom stereocenters. The highest BCUT2D eigenvalue weighted by Crippen LogP contribution is 2.20. The molecule has 0 atom stereocenters. The molecule has 0 saturated heterocycles. The summed E-state index contributed by atoms with van der Waals surface area (Å²) in [5, 5.41) is 6.74. The average Bonchev–Trinajstić information content (AvgIpc) is 2.58. The first-order valence-electron chi connectivity index (χ1n) is 8.18. The first kappa shape index (κ1) is 20.2. The maximum Gasteiger partial charge on any atom is 0.238 e. The molecule has 0 aliphatic rings. The Hall–Kier alpha value is -2.08. The number of carbonyl (C=O) groups is 2. The summed E-state index contributed by atoms with van der Waals surface area (Å²) in [6, 6.07) is 14.5. The van der Waals surface area contributed by atoms with Gasteiger partial charge in [-0.15, -0.1) is 0 Å². The van der Waals surface area contributed by atoms with Crippen molar-refractivity contribution in [2.24, 2.45) is 0 Å². The first-order chi connectivity index (χ1) is 12.4. The van der Waals surface area contributed by atoms with Gasteiger partial charge in [0.25, 0.3) is 0 Å². The summed E-state index contributed by atoms with van der Waals surface area (Å²) >= 11 is 11.8. The van der Waals surface area contributed by atoms with Gasteiger partial charge in [-0.1, -0.05) is 47.5 Å². The van der Waals surface area contributed by atoms with Crippen LogP contribution in [0.3, 0.4) is 0 Å². The molecular formula is C19H21Cl2N3O2. The predicted octanol–water partition coefficient (Wildman–Crippen LogP) is 3.22. The number of hydrogen-bond acceptors (Lipinski definition) is 3. The van der Waals surface area contributed by atoms with Crippen molar-refractivity contribution >= 4 is 40.7 Å². The Balaban J connectivity index is 1.68. The van der Waals surface area contributed by atoms with Gasteiger partial charge >= 0.3 is 0 Å². The molecule has 0 saturated carbocycles. The smallest absolute Gasteiger partial charge is 0.238 e. The Morgan fingerprint density at radius 3 is 2.31 bits per heavy atom. The summed E-state index contributed by atoms with van der Waals surface area (Å²) in [6.07, 6.45) is 0.722. The number of hydrogen-bond donors (Lipinski definition) is 2. The van der Waals surface area contributed by atoms with Crippen LogP contribution >= 0.6 is 23.2 Å². The number of amides is 2. The van der Waals surface area contributed by atoms with Crippen LogP contribution in [-0.2, 0) is 16.0 Å². The van der Waals surface area contributed by atoms with Gasteiger partial charge < -0.3 is 10.6 Å². The van der Waals surface area contributed by atoms with E-state index in [1.807, 2.05) is 24.3 Å². The van der Waals surface area contributed by atoms with Gasteiger partial charge in [0.15, 0.2) is 0 Å². The molecule has 0 spiro atoms. The van der Waals surface area contributed by atoms with E-state index < -0.39 is 0 Å². The summed E-state index contributed by atoms with van der Waals surface area (Å²) < 4.78 is 0. The van der Waals surface area contributed by atoms with Gasteiger partial charge in [0, 0.05) is 11.6 Å². The number of halogens is 2. The molecule has 2 aromatic carbocycles. The van der Waals surface area contributed by atoms with Gasteiger partial charge in [-0.25, -0.2) is 0 Å². The molecule has 26 heavy (non-hydrogen) atoms. The molecule has 0 aliphatic carbocycles. The number of para-hydroxylation sites is 1. The molecule has 2 N–H and O–H groups in total. The third-order valence-electron chi connectivity index (χ3n) is 3.62. The highest BCUT2D eigenvalue weighted by molar-refractivity contribution is 6.33. The summed E-state index contributed by atoms with van der Waals surface area (Å²) in [4.78, 5) is 25.6. The highest BCUT2D eigenvalue weighted by atomic mass is 35.5. The number of rotatable bonds is 8. The highest BCUT2D eigenvalue weighted by Gasteiger charge is 2.11. The molecule has 2 aromatic rings. The number of likely N-dealkylation sites (N-methyl/N-ethyl adjacent to an activating group) is 1. The largest absolute Gasteiger partial charge is 0.355 e. The van der Waals surface area contributed by atoms with Gasteiger partial charge in [0.2, 0.25) is 11.8 Å². The standard InChI is InChI=1S/C19H21Cl2N3O2/c1-24(13-19(26)23-17-5-3-2-4-16(17)21)12-18(25)22-11-10-14-6-8-15(20)9-7-14/h2-9H,10-13H2,1H3,(H,22,25)(H,23,26). The molecule has 7 heteroatoms. The second-order valence-electron chi connectivity index (χ2n) is 5.93. The van der Waals surface area contributed by atoms with E-state index in [1.54, 1.807) is 36.2 Å². The molecule has 0 aliphatic heterocycles. The van der Waals surface area contributed by atoms with E-state index in [1.165, 1.54) is 0 Å². The molecular weight excluding hydrogens is 373 g/mol. The van der Waals surface area contributed by atoms with Crippen LogP contribution in [0.25, 0.3) is 0 Å². The average molecular weight is 394 g/mol. The van der Waals surface area contributed by atoms with Gasteiger partial charge in [-0.05, 0) is 43.3 Å². The van der Waals surface area contributed by atoms with E-state index in [-0.39, 0.29) is 24.9 Å². The van der Waals surface area contributed by atoms with Gasteiger partial charge in [0.1, 0.15) is 0 Å². The van der Waals surface area contributed by atoms with Crippen LogP contribution in [0.1, 0.15) is 5.56 Å². The van der Waals surface area contributed by atoms with E-state index in [0.29, 0.717) is 22.3 Å². The Labute approximate surface area is 163 Å². The van der Waals surface area contributed by atoms with Crippen molar-refractivity contribution < 1.29 is 9.59 Å². The number of anilines is 1. The van der Waals surface area contributed by atoms with Gasteiger partial charge in [-0.3, -0.25) is 14.5 Å². The molecule has 5 nitrogen and oxygen atoms in total. The van der Waals surface area contributed by atoms with E-state index >= 15 is 0 Å². The molecule has 2 rings (SSSR count). The topological polar surface area (TPSA) is 61.4 Å². The Morgan fingerprint density at radius 1 is 0.962 bits per heavy atom. The molecule has 0 aromatic heterocycles. The van der Waals surface area contributed by atoms with Crippen LogP contribution in [0.5, 0.6) is 0 Å². The van der Waals surface area contributed by atoms with Crippen molar-refractivity contribution in [3.63, 3.8) is 0 Å². The molecule has 0 fully saturated rings. The second kappa shape index (κ2) is 10.2. The molecule has 2 amide bonds. The zero-order chi connectivity index (χ0) is 18.9. The van der Waals surface area contributed by atoms with Crippen molar-refractivity contribution in [3.05, 3.63) is 64.1 Å². The monoisotopic (exact) mass is 393 g/mol. The Kier molecular flexibility index (Phi) is 7.91. The second-order valence-corrected chi connectivity index (χ2v) is 6.77. The lowest BCUT2D eigenvalue weighted by Gasteiger charge is -2.16. The van der Waals surface area contributed by atoms with E-state index in [9.17, 15) is 9.59 Å². The number of benzene rings is 2. The van der Waals surface area contributed by atoms with Crippen molar-refractivity contribution in [1.82, 2.24) is 10.2 Å². The van der Waals surface area contributed by atoms with Gasteiger partial charge in [0.05, 0.1) is 23.8 Å². The van der Waals surface area contributed by atoms with E-state index in [4.69, 9.17) is 23.2 Å². The SMILES string of the molecule is CN(CC(=O)NCCc1ccc(Cl)cc1)CC(=O)Nc1ccccc1Cl. The van der Waals surface area contributed by atoms with Crippen LogP contribution in [0.4, 0.5) is 5.69 Å². The molecule has 0 radical (unpaired) electrons. The van der Waals surface area contributed by atoms with E-state index in [0.717, 1.165) is 12.0 Å². The maximum atomic E-state index is 12.0. The fourth-order valence-electron chi connectivity index (χ4n) is 2.35. The minimum Gasteiger partial charge on any atom is -0.355 e.